The summed E-state index contributed by atoms with van der Waals surface area (Å²) in [5, 5.41) is 5.52. The zero-order valence-corrected chi connectivity index (χ0v) is 13.0. The number of halogens is 1. The van der Waals surface area contributed by atoms with E-state index in [1.807, 2.05) is 12.1 Å². The van der Waals surface area contributed by atoms with Gasteiger partial charge in [0.1, 0.15) is 0 Å². The first-order valence-corrected chi connectivity index (χ1v) is 7.29. The van der Waals surface area contributed by atoms with Crippen LogP contribution < -0.4 is 5.32 Å². The standard InChI is InChI=1S/C16H23ClN2/c1-5-18-9-8-16(2,3)14-11-19(4)15-10-12(17)6-7-13(14)15/h6-7,10-11,18H,5,8-9H2,1-4H3. The van der Waals surface area contributed by atoms with Crippen LogP contribution in [0, 0.1) is 0 Å². The summed E-state index contributed by atoms with van der Waals surface area (Å²) in [5.74, 6) is 0. The molecule has 0 aliphatic rings. The van der Waals surface area contributed by atoms with Crippen molar-refractivity contribution in [2.75, 3.05) is 13.1 Å². The van der Waals surface area contributed by atoms with E-state index in [4.69, 9.17) is 11.6 Å². The number of nitrogens with one attached hydrogen (secondary N) is 1. The molecule has 0 aliphatic heterocycles. The summed E-state index contributed by atoms with van der Waals surface area (Å²) in [6, 6.07) is 6.16. The fraction of sp³-hybridized carbons (Fsp3) is 0.500. The smallest absolute Gasteiger partial charge is 0.0495 e. The van der Waals surface area contributed by atoms with E-state index < -0.39 is 0 Å². The van der Waals surface area contributed by atoms with E-state index in [2.05, 4.69) is 50.0 Å². The second-order valence-corrected chi connectivity index (χ2v) is 6.24. The summed E-state index contributed by atoms with van der Waals surface area (Å²) in [6.07, 6.45) is 3.37. The predicted octanol–water partition coefficient (Wildman–Crippen LogP) is 4.11. The Bertz CT molecular complexity index is 569. The summed E-state index contributed by atoms with van der Waals surface area (Å²) in [4.78, 5) is 0. The van der Waals surface area contributed by atoms with Gasteiger partial charge in [-0.25, -0.2) is 0 Å². The topological polar surface area (TPSA) is 17.0 Å². The number of nitrogens with zero attached hydrogens (tertiary/aromatic N) is 1. The van der Waals surface area contributed by atoms with Gasteiger partial charge in [-0.05, 0) is 42.6 Å². The molecule has 0 saturated heterocycles. The van der Waals surface area contributed by atoms with Crippen LogP contribution in [0.3, 0.4) is 0 Å². The van der Waals surface area contributed by atoms with Crippen molar-refractivity contribution in [3.63, 3.8) is 0 Å². The molecule has 0 saturated carbocycles. The number of hydrogen-bond acceptors (Lipinski definition) is 1. The van der Waals surface area contributed by atoms with Crippen LogP contribution in [0.4, 0.5) is 0 Å². The fourth-order valence-corrected chi connectivity index (χ4v) is 2.78. The number of hydrogen-bond donors (Lipinski definition) is 1. The van der Waals surface area contributed by atoms with Gasteiger partial charge in [-0.2, -0.15) is 0 Å². The summed E-state index contributed by atoms with van der Waals surface area (Å²) in [7, 11) is 2.09. The molecule has 0 bridgehead atoms. The molecule has 0 aliphatic carbocycles. The third-order valence-corrected chi connectivity index (χ3v) is 4.09. The van der Waals surface area contributed by atoms with Crippen molar-refractivity contribution < 1.29 is 0 Å². The molecule has 3 heteroatoms. The van der Waals surface area contributed by atoms with E-state index in [0.29, 0.717) is 0 Å². The number of benzene rings is 1. The lowest BCUT2D eigenvalue weighted by Crippen LogP contribution is -2.25. The minimum absolute atomic E-state index is 0.162. The highest BCUT2D eigenvalue weighted by atomic mass is 35.5. The van der Waals surface area contributed by atoms with E-state index >= 15 is 0 Å². The van der Waals surface area contributed by atoms with Crippen LogP contribution in [0.15, 0.2) is 24.4 Å². The Morgan fingerprint density at radius 1 is 1.32 bits per heavy atom. The Balaban J connectivity index is 2.39. The number of aryl methyl sites for hydroxylation is 1. The van der Waals surface area contributed by atoms with Crippen molar-refractivity contribution in [3.05, 3.63) is 35.0 Å². The molecule has 0 fully saturated rings. The lowest BCUT2D eigenvalue weighted by atomic mass is 9.81. The summed E-state index contributed by atoms with van der Waals surface area (Å²) < 4.78 is 2.17. The van der Waals surface area contributed by atoms with Gasteiger partial charge < -0.3 is 9.88 Å². The van der Waals surface area contributed by atoms with Crippen LogP contribution in [0.1, 0.15) is 32.8 Å². The van der Waals surface area contributed by atoms with Gasteiger partial charge in [0.25, 0.3) is 0 Å². The van der Waals surface area contributed by atoms with Gasteiger partial charge in [0.15, 0.2) is 0 Å². The monoisotopic (exact) mass is 278 g/mol. The van der Waals surface area contributed by atoms with Crippen molar-refractivity contribution in [2.45, 2.75) is 32.6 Å². The second-order valence-electron chi connectivity index (χ2n) is 5.80. The van der Waals surface area contributed by atoms with Crippen molar-refractivity contribution in [1.82, 2.24) is 9.88 Å². The van der Waals surface area contributed by atoms with Gasteiger partial charge in [0.05, 0.1) is 0 Å². The van der Waals surface area contributed by atoms with Crippen molar-refractivity contribution >= 4 is 22.5 Å². The Kier molecular flexibility index (Phi) is 4.22. The van der Waals surface area contributed by atoms with Gasteiger partial charge in [-0.1, -0.05) is 38.4 Å². The predicted molar refractivity (Wildman–Crippen MR) is 84.1 cm³/mol. The van der Waals surface area contributed by atoms with Gasteiger partial charge in [0, 0.05) is 29.2 Å². The molecule has 1 N–H and O–H groups in total. The largest absolute Gasteiger partial charge is 0.350 e. The molecule has 1 aromatic heterocycles. The van der Waals surface area contributed by atoms with Crippen LogP contribution in [0.25, 0.3) is 10.9 Å². The highest BCUT2D eigenvalue weighted by molar-refractivity contribution is 6.31. The molecule has 0 spiro atoms. The van der Waals surface area contributed by atoms with Crippen molar-refractivity contribution in [2.24, 2.45) is 7.05 Å². The molecule has 2 rings (SSSR count). The Labute approximate surface area is 120 Å². The van der Waals surface area contributed by atoms with Crippen molar-refractivity contribution in [3.8, 4) is 0 Å². The molecule has 0 unspecified atom stereocenters. The SMILES string of the molecule is CCNCCC(C)(C)c1cn(C)c2cc(Cl)ccc12. The molecule has 2 nitrogen and oxygen atoms in total. The van der Waals surface area contributed by atoms with E-state index in [0.717, 1.165) is 24.5 Å². The van der Waals surface area contributed by atoms with Crippen LogP contribution in [-0.4, -0.2) is 17.7 Å². The Morgan fingerprint density at radius 3 is 2.74 bits per heavy atom. The number of fused-ring (bicyclic) bond motifs is 1. The Hall–Kier alpha value is -0.990. The minimum atomic E-state index is 0.162. The van der Waals surface area contributed by atoms with E-state index in [1.165, 1.54) is 16.5 Å². The van der Waals surface area contributed by atoms with Crippen molar-refractivity contribution in [1.29, 1.82) is 0 Å². The van der Waals surface area contributed by atoms with Crippen LogP contribution in [0.2, 0.25) is 5.02 Å². The fourth-order valence-electron chi connectivity index (χ4n) is 2.61. The quantitative estimate of drug-likeness (QED) is 0.815. The average Bonchev–Trinajstić information content (AvgIpc) is 2.68. The average molecular weight is 279 g/mol. The summed E-state index contributed by atoms with van der Waals surface area (Å²) in [6.45, 7) is 8.85. The molecule has 2 aromatic rings. The molecule has 104 valence electrons. The number of aromatic nitrogens is 1. The first kappa shape index (κ1) is 14.4. The lowest BCUT2D eigenvalue weighted by molar-refractivity contribution is 0.463. The first-order valence-electron chi connectivity index (χ1n) is 6.91. The molecule has 0 amide bonds. The van der Waals surface area contributed by atoms with E-state index in [1.54, 1.807) is 0 Å². The maximum absolute atomic E-state index is 6.09. The third kappa shape index (κ3) is 2.96. The minimum Gasteiger partial charge on any atom is -0.350 e. The molecular weight excluding hydrogens is 256 g/mol. The highest BCUT2D eigenvalue weighted by Gasteiger charge is 2.24. The maximum Gasteiger partial charge on any atom is 0.0495 e. The van der Waals surface area contributed by atoms with E-state index in [-0.39, 0.29) is 5.41 Å². The highest BCUT2D eigenvalue weighted by Crippen LogP contribution is 2.34. The number of rotatable bonds is 5. The summed E-state index contributed by atoms with van der Waals surface area (Å²) >= 11 is 6.09. The third-order valence-electron chi connectivity index (χ3n) is 3.86. The lowest BCUT2D eigenvalue weighted by Gasteiger charge is -2.24. The zero-order valence-electron chi connectivity index (χ0n) is 12.3. The van der Waals surface area contributed by atoms with Crippen LogP contribution in [0.5, 0.6) is 0 Å². The van der Waals surface area contributed by atoms with Gasteiger partial charge >= 0.3 is 0 Å². The molecule has 0 atom stereocenters. The first-order chi connectivity index (χ1) is 8.95. The van der Waals surface area contributed by atoms with Gasteiger partial charge in [-0.3, -0.25) is 0 Å². The molecular formula is C16H23ClN2. The maximum atomic E-state index is 6.09. The molecule has 1 aromatic carbocycles. The normalized spacial score (nSPS) is 12.3. The molecule has 0 radical (unpaired) electrons. The molecule has 1 heterocycles. The van der Waals surface area contributed by atoms with Crippen LogP contribution >= 0.6 is 11.6 Å². The summed E-state index contributed by atoms with van der Waals surface area (Å²) in [5.41, 5.74) is 2.77. The molecule has 19 heavy (non-hydrogen) atoms. The van der Waals surface area contributed by atoms with E-state index in [9.17, 15) is 0 Å². The second kappa shape index (κ2) is 5.56. The van der Waals surface area contributed by atoms with Crippen LogP contribution in [-0.2, 0) is 12.5 Å². The van der Waals surface area contributed by atoms with Gasteiger partial charge in [-0.15, -0.1) is 0 Å². The Morgan fingerprint density at radius 2 is 2.05 bits per heavy atom. The zero-order chi connectivity index (χ0) is 14.0. The van der Waals surface area contributed by atoms with Gasteiger partial charge in [0.2, 0.25) is 0 Å².